The van der Waals surface area contributed by atoms with Crippen molar-refractivity contribution in [2.24, 2.45) is 0 Å². The Kier molecular flexibility index (Phi) is 1.42. The highest BCUT2D eigenvalue weighted by molar-refractivity contribution is 5.70. The van der Waals surface area contributed by atoms with Gasteiger partial charge in [0.05, 0.1) is 0 Å². The van der Waals surface area contributed by atoms with Crippen LogP contribution in [0.25, 0.3) is 6.08 Å². The van der Waals surface area contributed by atoms with Gasteiger partial charge in [0, 0.05) is 11.7 Å². The van der Waals surface area contributed by atoms with Gasteiger partial charge in [0.15, 0.2) is 0 Å². The van der Waals surface area contributed by atoms with Crippen molar-refractivity contribution < 1.29 is 0 Å². The maximum absolute atomic E-state index is 3.37. The number of anilines is 1. The highest BCUT2D eigenvalue weighted by Crippen LogP contribution is 2.21. The molecule has 0 saturated carbocycles. The smallest absolute Gasteiger partial charge is 0.0419 e. The minimum atomic E-state index is 0.463. The summed E-state index contributed by atoms with van der Waals surface area (Å²) < 4.78 is 0. The van der Waals surface area contributed by atoms with Gasteiger partial charge in [-0.05, 0) is 18.6 Å². The molecule has 1 aromatic carbocycles. The van der Waals surface area contributed by atoms with Crippen LogP contribution in [0, 0.1) is 0 Å². The Morgan fingerprint density at radius 3 is 3.00 bits per heavy atom. The first-order valence-corrected chi connectivity index (χ1v) is 3.90. The standard InChI is InChI=1S/C10H11N/c1-8-6-7-9-4-2-3-5-10(9)11-8/h2-8,11H,1H3/t8-/m0/s1. The van der Waals surface area contributed by atoms with E-state index in [1.165, 1.54) is 11.3 Å². The molecule has 11 heavy (non-hydrogen) atoms. The second kappa shape index (κ2) is 2.42. The van der Waals surface area contributed by atoms with Crippen LogP contribution in [0.1, 0.15) is 12.5 Å². The first-order valence-electron chi connectivity index (χ1n) is 3.90. The van der Waals surface area contributed by atoms with Gasteiger partial charge in [-0.1, -0.05) is 30.4 Å². The lowest BCUT2D eigenvalue weighted by Crippen LogP contribution is -2.15. The van der Waals surface area contributed by atoms with Crippen molar-refractivity contribution in [3.8, 4) is 0 Å². The zero-order chi connectivity index (χ0) is 7.68. The second-order valence-corrected chi connectivity index (χ2v) is 2.88. The van der Waals surface area contributed by atoms with Crippen LogP contribution in [0.3, 0.4) is 0 Å². The molecule has 0 bridgehead atoms. The molecule has 0 fully saturated rings. The first-order chi connectivity index (χ1) is 5.36. The third-order valence-corrected chi connectivity index (χ3v) is 1.91. The van der Waals surface area contributed by atoms with Crippen molar-refractivity contribution in [2.45, 2.75) is 13.0 Å². The highest BCUT2D eigenvalue weighted by atomic mass is 14.9. The van der Waals surface area contributed by atoms with Crippen LogP contribution in [-0.4, -0.2) is 6.04 Å². The van der Waals surface area contributed by atoms with Crippen molar-refractivity contribution in [1.29, 1.82) is 0 Å². The third-order valence-electron chi connectivity index (χ3n) is 1.91. The van der Waals surface area contributed by atoms with Gasteiger partial charge >= 0.3 is 0 Å². The van der Waals surface area contributed by atoms with Crippen LogP contribution in [0.4, 0.5) is 5.69 Å². The van der Waals surface area contributed by atoms with Gasteiger partial charge in [0.2, 0.25) is 0 Å². The van der Waals surface area contributed by atoms with Gasteiger partial charge in [-0.15, -0.1) is 0 Å². The summed E-state index contributed by atoms with van der Waals surface area (Å²) in [5.74, 6) is 0. The molecule has 1 N–H and O–H groups in total. The third kappa shape index (κ3) is 1.14. The zero-order valence-corrected chi connectivity index (χ0v) is 6.54. The Balaban J connectivity index is 2.46. The number of benzene rings is 1. The molecule has 0 saturated heterocycles. The predicted molar refractivity (Wildman–Crippen MR) is 48.6 cm³/mol. The van der Waals surface area contributed by atoms with Gasteiger partial charge in [-0.2, -0.15) is 0 Å². The summed E-state index contributed by atoms with van der Waals surface area (Å²) >= 11 is 0. The van der Waals surface area contributed by atoms with E-state index in [-0.39, 0.29) is 0 Å². The Bertz CT molecular complexity index is 289. The fraction of sp³-hybridized carbons (Fsp3) is 0.200. The number of hydrogen-bond acceptors (Lipinski definition) is 1. The number of nitrogens with one attached hydrogen (secondary N) is 1. The molecule has 0 aliphatic carbocycles. The number of hydrogen-bond donors (Lipinski definition) is 1. The molecule has 0 unspecified atom stereocenters. The van der Waals surface area contributed by atoms with Gasteiger partial charge in [-0.25, -0.2) is 0 Å². The molecule has 56 valence electrons. The summed E-state index contributed by atoms with van der Waals surface area (Å²) in [6.07, 6.45) is 4.33. The van der Waals surface area contributed by atoms with Crippen molar-refractivity contribution in [1.82, 2.24) is 0 Å². The molecule has 0 radical (unpaired) electrons. The largest absolute Gasteiger partial charge is 0.379 e. The van der Waals surface area contributed by atoms with Crippen molar-refractivity contribution in [3.63, 3.8) is 0 Å². The van der Waals surface area contributed by atoms with E-state index in [1.807, 2.05) is 0 Å². The molecule has 2 rings (SSSR count). The highest BCUT2D eigenvalue weighted by Gasteiger charge is 2.05. The average Bonchev–Trinajstić information content (AvgIpc) is 2.04. The van der Waals surface area contributed by atoms with E-state index in [2.05, 4.69) is 48.7 Å². The molecule has 1 heterocycles. The van der Waals surface area contributed by atoms with E-state index in [9.17, 15) is 0 Å². The molecule has 0 amide bonds. The van der Waals surface area contributed by atoms with E-state index in [1.54, 1.807) is 0 Å². The van der Waals surface area contributed by atoms with Crippen LogP contribution in [0.5, 0.6) is 0 Å². The van der Waals surface area contributed by atoms with Gasteiger partial charge in [-0.3, -0.25) is 0 Å². The average molecular weight is 145 g/mol. The molecular formula is C10H11N. The van der Waals surface area contributed by atoms with E-state index in [4.69, 9.17) is 0 Å². The SMILES string of the molecule is C[C@H]1C=Cc2ccccc2N1. The molecule has 1 aliphatic heterocycles. The van der Waals surface area contributed by atoms with E-state index >= 15 is 0 Å². The minimum absolute atomic E-state index is 0.463. The van der Waals surface area contributed by atoms with Crippen LogP contribution >= 0.6 is 0 Å². The molecule has 1 aromatic rings. The van der Waals surface area contributed by atoms with Gasteiger partial charge < -0.3 is 5.32 Å². The van der Waals surface area contributed by atoms with Crippen LogP contribution < -0.4 is 5.32 Å². The summed E-state index contributed by atoms with van der Waals surface area (Å²) in [5, 5.41) is 3.37. The van der Waals surface area contributed by atoms with Gasteiger partial charge in [0.1, 0.15) is 0 Å². The first kappa shape index (κ1) is 6.47. The lowest BCUT2D eigenvalue weighted by atomic mass is 10.1. The number of fused-ring (bicyclic) bond motifs is 1. The Labute approximate surface area is 66.7 Å². The van der Waals surface area contributed by atoms with Crippen molar-refractivity contribution in [2.75, 3.05) is 5.32 Å². The zero-order valence-electron chi connectivity index (χ0n) is 6.54. The second-order valence-electron chi connectivity index (χ2n) is 2.88. The van der Waals surface area contributed by atoms with Crippen molar-refractivity contribution in [3.05, 3.63) is 35.9 Å². The lowest BCUT2D eigenvalue weighted by Gasteiger charge is -2.18. The molecule has 1 nitrogen and oxygen atoms in total. The maximum atomic E-state index is 3.37. The van der Waals surface area contributed by atoms with E-state index in [0.29, 0.717) is 6.04 Å². The quantitative estimate of drug-likeness (QED) is 0.591. The summed E-state index contributed by atoms with van der Waals surface area (Å²) in [7, 11) is 0. The van der Waals surface area contributed by atoms with Crippen LogP contribution in [0.15, 0.2) is 30.3 Å². The molecule has 1 aliphatic rings. The summed E-state index contributed by atoms with van der Waals surface area (Å²) in [6.45, 7) is 2.15. The Morgan fingerprint density at radius 1 is 1.27 bits per heavy atom. The summed E-state index contributed by atoms with van der Waals surface area (Å²) in [4.78, 5) is 0. The topological polar surface area (TPSA) is 12.0 Å². The van der Waals surface area contributed by atoms with E-state index in [0.717, 1.165) is 0 Å². The Hall–Kier alpha value is -1.24. The molecule has 0 spiro atoms. The fourth-order valence-corrected chi connectivity index (χ4v) is 1.32. The summed E-state index contributed by atoms with van der Waals surface area (Å²) in [6, 6.07) is 8.79. The lowest BCUT2D eigenvalue weighted by molar-refractivity contribution is 0.992. The monoisotopic (exact) mass is 145 g/mol. The maximum Gasteiger partial charge on any atom is 0.0419 e. The molecule has 1 heteroatoms. The predicted octanol–water partition coefficient (Wildman–Crippen LogP) is 2.51. The Morgan fingerprint density at radius 2 is 2.09 bits per heavy atom. The van der Waals surface area contributed by atoms with Crippen molar-refractivity contribution >= 4 is 11.8 Å². The number of para-hydroxylation sites is 1. The minimum Gasteiger partial charge on any atom is -0.379 e. The molecular weight excluding hydrogens is 134 g/mol. The molecule has 0 aromatic heterocycles. The van der Waals surface area contributed by atoms with E-state index < -0.39 is 0 Å². The normalized spacial score (nSPS) is 20.6. The summed E-state index contributed by atoms with van der Waals surface area (Å²) in [5.41, 5.74) is 2.52. The van der Waals surface area contributed by atoms with Gasteiger partial charge in [0.25, 0.3) is 0 Å². The molecule has 1 atom stereocenters. The fourth-order valence-electron chi connectivity index (χ4n) is 1.32. The van der Waals surface area contributed by atoms with Crippen LogP contribution in [0.2, 0.25) is 0 Å². The number of rotatable bonds is 0. The van der Waals surface area contributed by atoms with Crippen LogP contribution in [-0.2, 0) is 0 Å².